The van der Waals surface area contributed by atoms with Gasteiger partial charge in [-0.2, -0.15) is 9.59 Å². The van der Waals surface area contributed by atoms with Gasteiger partial charge in [-0.1, -0.05) is 36.4 Å². The van der Waals surface area contributed by atoms with Gasteiger partial charge < -0.3 is 38.8 Å². The lowest BCUT2D eigenvalue weighted by Crippen LogP contribution is -2.35. The van der Waals surface area contributed by atoms with Crippen molar-refractivity contribution < 1.29 is 62.5 Å². The molecule has 0 bridgehead atoms. The highest BCUT2D eigenvalue weighted by Gasteiger charge is 2.26. The first-order valence-corrected chi connectivity index (χ1v) is 23.2. The Morgan fingerprint density at radius 1 is 0.507 bits per heavy atom. The highest BCUT2D eigenvalue weighted by atomic mass is 16.5. The summed E-state index contributed by atoms with van der Waals surface area (Å²) in [4.78, 5) is 80.0. The number of hydrogen-bond donors (Lipinski definition) is 3. The van der Waals surface area contributed by atoms with Crippen LogP contribution in [0.5, 0.6) is 17.2 Å². The van der Waals surface area contributed by atoms with Crippen LogP contribution < -0.4 is 34.8 Å². The fraction of sp³-hybridized carbons (Fsp3) is 0.250. The van der Waals surface area contributed by atoms with Crippen molar-refractivity contribution in [3.63, 3.8) is 0 Å². The molecule has 0 fully saturated rings. The molecule has 380 valence electrons. The van der Waals surface area contributed by atoms with Crippen molar-refractivity contribution in [2.24, 2.45) is 0 Å². The van der Waals surface area contributed by atoms with Gasteiger partial charge >= 0.3 is 18.1 Å². The number of methoxy groups -OCH3 is 5. The molecule has 3 amide bonds. The van der Waals surface area contributed by atoms with Crippen LogP contribution in [0.3, 0.4) is 0 Å². The second kappa shape index (κ2) is 28.2. The molecule has 0 aromatic heterocycles. The van der Waals surface area contributed by atoms with Crippen LogP contribution in [-0.2, 0) is 38.3 Å². The lowest BCUT2D eigenvalue weighted by atomic mass is 9.98. The first kappa shape index (κ1) is 55.1. The smallest absolute Gasteiger partial charge is 0.373 e. The maximum Gasteiger partial charge on any atom is 0.373 e. The third-order valence-corrected chi connectivity index (χ3v) is 11.8. The molecule has 17 nitrogen and oxygen atoms in total. The molecular weight excluding hydrogens is 937 g/mol. The molecule has 3 aliphatic heterocycles. The van der Waals surface area contributed by atoms with Crippen molar-refractivity contribution in [2.75, 3.05) is 70.3 Å². The van der Waals surface area contributed by atoms with Crippen LogP contribution in [0.4, 0.5) is 17.1 Å². The predicted octanol–water partition coefficient (Wildman–Crippen LogP) is 8.43. The normalized spacial score (nSPS) is 12.4. The van der Waals surface area contributed by atoms with E-state index < -0.39 is 11.9 Å². The number of hydroxylamine groups is 1. The largest absolute Gasteiger partial charge is 0.497 e. The Balaban J connectivity index is 0.000000188. The molecule has 3 heterocycles. The van der Waals surface area contributed by atoms with Crippen molar-refractivity contribution in [3.05, 3.63) is 178 Å². The summed E-state index contributed by atoms with van der Waals surface area (Å²) in [5, 5.41) is 12.1. The zero-order chi connectivity index (χ0) is 52.7. The van der Waals surface area contributed by atoms with E-state index >= 15 is 0 Å². The first-order chi connectivity index (χ1) is 35.4. The minimum Gasteiger partial charge on any atom is -0.497 e. The van der Waals surface area contributed by atoms with E-state index in [0.717, 1.165) is 73.3 Å². The van der Waals surface area contributed by atoms with Gasteiger partial charge in [0.1, 0.15) is 17.2 Å². The molecular formula is C56H58N4O13. The van der Waals surface area contributed by atoms with E-state index in [9.17, 15) is 24.0 Å². The van der Waals surface area contributed by atoms with Gasteiger partial charge in [-0.05, 0) is 152 Å². The molecule has 17 heteroatoms. The van der Waals surface area contributed by atoms with Crippen molar-refractivity contribution >= 4 is 52.9 Å². The number of carbonyl (C=O) groups excluding carboxylic acids is 7. The molecule has 0 atom stereocenters. The number of amides is 3. The predicted molar refractivity (Wildman–Crippen MR) is 272 cm³/mol. The summed E-state index contributed by atoms with van der Waals surface area (Å²) in [6.45, 7) is 2.20. The van der Waals surface area contributed by atoms with E-state index in [4.69, 9.17) is 33.7 Å². The number of carbonyl (C=O) groups is 5. The van der Waals surface area contributed by atoms with Crippen molar-refractivity contribution in [2.45, 2.75) is 38.5 Å². The van der Waals surface area contributed by atoms with Gasteiger partial charge in [0.05, 0.1) is 46.7 Å². The number of fused-ring (bicyclic) bond motifs is 3. The number of nitrogens with zero attached hydrogens (tertiary/aromatic N) is 2. The third-order valence-electron chi connectivity index (χ3n) is 11.8. The monoisotopic (exact) mass is 994 g/mol. The van der Waals surface area contributed by atoms with Crippen LogP contribution in [0, 0.1) is 0 Å². The van der Waals surface area contributed by atoms with Gasteiger partial charge in [0.25, 0.3) is 17.7 Å². The SMILES string of the molecule is COC(=O)c1ccc2c(c1)N(C(=O)c1ccc(OC)cc1)CCC2.COC(=O)c1ccc2c(c1)NCCC2.COc1ccc(C(=O)N2CCCc3ccc(C(=O)NO)cc32)cc1.COc1ccccc1.O=C=O. The Morgan fingerprint density at radius 2 is 0.904 bits per heavy atom. The number of nitrogens with one attached hydrogen (secondary N) is 2. The summed E-state index contributed by atoms with van der Waals surface area (Å²) < 4.78 is 24.6. The number of rotatable bonds is 8. The van der Waals surface area contributed by atoms with Gasteiger partial charge in [-0.15, -0.1) is 0 Å². The molecule has 0 aliphatic carbocycles. The number of aryl methyl sites for hydroxylation is 3. The minimum absolute atomic E-state index is 0.0828. The number of hydrogen-bond acceptors (Lipinski definition) is 14. The second-order valence-electron chi connectivity index (χ2n) is 16.2. The Kier molecular flexibility index (Phi) is 21.3. The van der Waals surface area contributed by atoms with E-state index in [-0.39, 0.29) is 23.9 Å². The quantitative estimate of drug-likeness (QED) is 0.0741. The van der Waals surface area contributed by atoms with Crippen LogP contribution in [0.2, 0.25) is 0 Å². The van der Waals surface area contributed by atoms with Crippen molar-refractivity contribution in [3.8, 4) is 17.2 Å². The van der Waals surface area contributed by atoms with E-state index in [1.165, 1.54) is 19.8 Å². The summed E-state index contributed by atoms with van der Waals surface area (Å²) in [6, 6.07) is 39.8. The van der Waals surface area contributed by atoms with Crippen LogP contribution in [-0.4, -0.2) is 96.2 Å². The number of benzene rings is 6. The summed E-state index contributed by atoms with van der Waals surface area (Å²) in [7, 11) is 7.57. The van der Waals surface area contributed by atoms with Gasteiger partial charge in [-0.25, -0.2) is 15.1 Å². The lowest BCUT2D eigenvalue weighted by molar-refractivity contribution is -0.191. The Morgan fingerprint density at radius 3 is 1.34 bits per heavy atom. The zero-order valence-corrected chi connectivity index (χ0v) is 41.3. The summed E-state index contributed by atoms with van der Waals surface area (Å²) in [5.74, 6) is 0.819. The molecule has 0 saturated heterocycles. The number of esters is 2. The van der Waals surface area contributed by atoms with Crippen LogP contribution in [0.1, 0.15) is 87.7 Å². The fourth-order valence-corrected chi connectivity index (χ4v) is 8.06. The summed E-state index contributed by atoms with van der Waals surface area (Å²) >= 11 is 0. The summed E-state index contributed by atoms with van der Waals surface area (Å²) in [5.41, 5.74) is 10.1. The van der Waals surface area contributed by atoms with E-state index in [0.29, 0.717) is 58.1 Å². The molecule has 0 radical (unpaired) electrons. The zero-order valence-electron chi connectivity index (χ0n) is 41.3. The maximum atomic E-state index is 12.9. The molecule has 73 heavy (non-hydrogen) atoms. The third kappa shape index (κ3) is 15.1. The Labute approximate surface area is 423 Å². The fourth-order valence-electron chi connectivity index (χ4n) is 8.06. The average Bonchev–Trinajstić information content (AvgIpc) is 3.46. The van der Waals surface area contributed by atoms with Gasteiger partial charge in [0.2, 0.25) is 0 Å². The Hall–Kier alpha value is -8.79. The lowest BCUT2D eigenvalue weighted by Gasteiger charge is -2.30. The number of anilines is 3. The molecule has 0 saturated carbocycles. The van der Waals surface area contributed by atoms with E-state index in [2.05, 4.69) is 10.1 Å². The van der Waals surface area contributed by atoms with E-state index in [1.807, 2.05) is 60.7 Å². The van der Waals surface area contributed by atoms with Crippen molar-refractivity contribution in [1.82, 2.24) is 5.48 Å². The number of para-hydroxylation sites is 1. The van der Waals surface area contributed by atoms with Crippen LogP contribution in [0.15, 0.2) is 133 Å². The van der Waals surface area contributed by atoms with Gasteiger partial charge in [-0.3, -0.25) is 19.6 Å². The van der Waals surface area contributed by atoms with Crippen LogP contribution in [0.25, 0.3) is 0 Å². The average molecular weight is 995 g/mol. The highest BCUT2D eigenvalue weighted by Crippen LogP contribution is 2.32. The number of ether oxygens (including phenoxy) is 5. The van der Waals surface area contributed by atoms with Gasteiger partial charge in [0, 0.05) is 53.4 Å². The molecule has 0 unspecified atom stereocenters. The molecule has 3 N–H and O–H groups in total. The Bertz CT molecular complexity index is 2720. The second-order valence-corrected chi connectivity index (χ2v) is 16.2. The molecule has 6 aromatic carbocycles. The maximum absolute atomic E-state index is 12.9. The first-order valence-electron chi connectivity index (χ1n) is 23.2. The van der Waals surface area contributed by atoms with Crippen molar-refractivity contribution in [1.29, 1.82) is 0 Å². The highest BCUT2D eigenvalue weighted by molar-refractivity contribution is 6.08. The minimum atomic E-state index is -0.597. The topological polar surface area (TPSA) is 216 Å². The molecule has 0 spiro atoms. The van der Waals surface area contributed by atoms with E-state index in [1.54, 1.807) is 109 Å². The van der Waals surface area contributed by atoms with Gasteiger partial charge in [0.15, 0.2) is 0 Å². The standard InChI is InChI=1S/C19H19NO4.C18H18N2O4.C11H13NO2.C7H8O.CO2/c1-23-16-9-7-14(8-10-16)18(21)20-11-3-4-13-5-6-15(12-17(13)20)19(22)24-2;1-24-15-8-6-13(7-9-15)18(22)20-10-2-3-12-4-5-14(11-16(12)20)17(21)19-23;1-14-11(13)9-5-4-8-3-2-6-12-10(8)7-9;1-8-7-5-3-2-4-6-7;2-1-3/h5-10,12H,3-4,11H2,1-2H3;4-9,11,23H,2-3,10H2,1H3,(H,19,21);4-5,7,12H,2-3,6H2,1H3;2-6H,1H3;. The molecule has 9 rings (SSSR count). The molecule has 3 aliphatic rings. The molecule has 6 aromatic rings. The summed E-state index contributed by atoms with van der Waals surface area (Å²) in [6.07, 6.45) is 5.99. The van der Waals surface area contributed by atoms with Crippen LogP contribution >= 0.6 is 0 Å².